The summed E-state index contributed by atoms with van der Waals surface area (Å²) in [6.07, 6.45) is -0.858. The Balaban J connectivity index is 0.00000342. The minimum absolute atomic E-state index is 0. The summed E-state index contributed by atoms with van der Waals surface area (Å²) in [6, 6.07) is 20.6. The molecule has 0 heterocycles. The normalized spacial score (nSPS) is 13.2. The number of benzene rings is 3. The average molecular weight is 505 g/mol. The van der Waals surface area contributed by atoms with Gasteiger partial charge < -0.3 is 15.2 Å². The first kappa shape index (κ1) is 26.9. The van der Waals surface area contributed by atoms with Crippen molar-refractivity contribution in [1.29, 1.82) is 0 Å². The van der Waals surface area contributed by atoms with Gasteiger partial charge in [-0.25, -0.2) is 9.59 Å². The van der Waals surface area contributed by atoms with Crippen molar-refractivity contribution in [3.63, 3.8) is 0 Å². The summed E-state index contributed by atoms with van der Waals surface area (Å²) in [5.41, 5.74) is 5.22. The number of alkyl carbamates (subject to hydrolysis) is 1. The largest absolute Gasteiger partial charge is 0.480 e. The maximum atomic E-state index is 12.4. The number of carbonyl (C=O) groups is 2. The monoisotopic (exact) mass is 504 g/mol. The topological polar surface area (TPSA) is 130 Å². The Hall–Kier alpha value is -2.69. The molecular weight excluding hydrogens is 481 g/mol. The van der Waals surface area contributed by atoms with Crippen molar-refractivity contribution in [2.75, 3.05) is 6.61 Å². The molecule has 35 heavy (non-hydrogen) atoms. The van der Waals surface area contributed by atoms with E-state index in [4.69, 9.17) is 9.29 Å². The second-order valence-corrected chi connectivity index (χ2v) is 9.56. The van der Waals surface area contributed by atoms with E-state index in [1.807, 2.05) is 48.5 Å². The van der Waals surface area contributed by atoms with E-state index in [1.54, 1.807) is 12.1 Å². The molecule has 0 fully saturated rings. The van der Waals surface area contributed by atoms with Crippen LogP contribution in [-0.2, 0) is 31.8 Å². The van der Waals surface area contributed by atoms with Crippen LogP contribution in [0.2, 0.25) is 0 Å². The van der Waals surface area contributed by atoms with Gasteiger partial charge in [0.1, 0.15) is 18.4 Å². The molecule has 1 atom stereocenters. The summed E-state index contributed by atoms with van der Waals surface area (Å²) in [4.78, 5) is 24.1. The maximum absolute atomic E-state index is 12.4. The molecule has 0 saturated heterocycles. The molecule has 177 valence electrons. The molecule has 1 amide bonds. The third kappa shape index (κ3) is 6.71. The summed E-state index contributed by atoms with van der Waals surface area (Å²) in [5.74, 6) is -1.90. The first-order valence-corrected chi connectivity index (χ1v) is 12.2. The molecule has 3 aromatic rings. The molecule has 0 aromatic heterocycles. The zero-order valence-corrected chi connectivity index (χ0v) is 21.9. The Bertz CT molecular complexity index is 1280. The van der Waals surface area contributed by atoms with Gasteiger partial charge in [-0.3, -0.25) is 4.55 Å². The molecule has 3 aromatic carbocycles. The number of amides is 1. The first-order chi connectivity index (χ1) is 16.2. The summed E-state index contributed by atoms with van der Waals surface area (Å²) in [7, 11) is -4.16. The van der Waals surface area contributed by atoms with Crippen LogP contribution in [0.15, 0.2) is 72.8 Å². The zero-order valence-electron chi connectivity index (χ0n) is 19.0. The molecule has 10 heteroatoms. The Morgan fingerprint density at radius 2 is 1.40 bits per heavy atom. The number of hydrogen-bond acceptors (Lipinski definition) is 5. The predicted octanol–water partition coefficient (Wildman–Crippen LogP) is 3.23. The van der Waals surface area contributed by atoms with Crippen LogP contribution in [0.25, 0.3) is 11.1 Å². The Kier molecular flexibility index (Phi) is 8.74. The van der Waals surface area contributed by atoms with Crippen molar-refractivity contribution in [1.82, 2.24) is 5.32 Å². The number of carboxylic acid groups (broad SMARTS) is 1. The van der Waals surface area contributed by atoms with Gasteiger partial charge in [-0.2, -0.15) is 8.42 Å². The Labute approximate surface area is 225 Å². The van der Waals surface area contributed by atoms with Gasteiger partial charge in [-0.1, -0.05) is 72.8 Å². The average Bonchev–Trinajstić information content (AvgIpc) is 3.11. The number of fused-ring (bicyclic) bond motifs is 3. The van der Waals surface area contributed by atoms with Crippen molar-refractivity contribution in [3.05, 3.63) is 95.1 Å². The van der Waals surface area contributed by atoms with Gasteiger partial charge in [0.25, 0.3) is 10.1 Å². The van der Waals surface area contributed by atoms with E-state index >= 15 is 0 Å². The van der Waals surface area contributed by atoms with Gasteiger partial charge in [0.05, 0.1) is 0 Å². The number of rotatable bonds is 8. The van der Waals surface area contributed by atoms with Crippen LogP contribution in [0.1, 0.15) is 28.2 Å². The SMILES string of the molecule is O=C(N[C@@H](Cc1ccc(CS(=O)(=O)O)cc1)C(=O)O)OCC1c2ccccc2-c2ccccc21.[Na]. The van der Waals surface area contributed by atoms with Crippen LogP contribution in [-0.4, -0.2) is 72.3 Å². The summed E-state index contributed by atoms with van der Waals surface area (Å²) >= 11 is 0. The van der Waals surface area contributed by atoms with Crippen LogP contribution < -0.4 is 5.32 Å². The van der Waals surface area contributed by atoms with E-state index in [0.29, 0.717) is 11.1 Å². The van der Waals surface area contributed by atoms with Gasteiger partial charge in [0.2, 0.25) is 0 Å². The maximum Gasteiger partial charge on any atom is 0.407 e. The third-order valence-corrected chi connectivity index (χ3v) is 6.44. The first-order valence-electron chi connectivity index (χ1n) is 10.6. The van der Waals surface area contributed by atoms with Crippen LogP contribution in [0, 0.1) is 0 Å². The van der Waals surface area contributed by atoms with Crippen LogP contribution in [0.4, 0.5) is 4.79 Å². The summed E-state index contributed by atoms with van der Waals surface area (Å²) in [5, 5.41) is 11.9. The Morgan fingerprint density at radius 1 is 0.886 bits per heavy atom. The van der Waals surface area contributed by atoms with Gasteiger partial charge in [-0.15, -0.1) is 0 Å². The van der Waals surface area contributed by atoms with Crippen LogP contribution in [0.5, 0.6) is 0 Å². The van der Waals surface area contributed by atoms with Crippen LogP contribution >= 0.6 is 0 Å². The number of ether oxygens (including phenoxy) is 1. The number of carbonyl (C=O) groups excluding carboxylic acids is 1. The van der Waals surface area contributed by atoms with Crippen molar-refractivity contribution in [2.45, 2.75) is 24.1 Å². The van der Waals surface area contributed by atoms with Crippen LogP contribution in [0.3, 0.4) is 0 Å². The van der Waals surface area contributed by atoms with Gasteiger partial charge in [0.15, 0.2) is 0 Å². The molecule has 0 saturated carbocycles. The molecule has 0 unspecified atom stereocenters. The molecule has 0 aliphatic heterocycles. The van der Waals surface area contributed by atoms with E-state index < -0.39 is 34.0 Å². The number of carboxylic acids is 1. The van der Waals surface area contributed by atoms with Gasteiger partial charge in [-0.05, 0) is 33.4 Å². The Morgan fingerprint density at radius 3 is 1.91 bits per heavy atom. The van der Waals surface area contributed by atoms with E-state index in [-0.39, 0.29) is 48.5 Å². The fourth-order valence-corrected chi connectivity index (χ4v) is 4.81. The molecule has 0 bridgehead atoms. The van der Waals surface area contributed by atoms with E-state index in [0.717, 1.165) is 22.3 Å². The number of aliphatic carboxylic acids is 1. The van der Waals surface area contributed by atoms with Crippen molar-refractivity contribution < 1.29 is 32.4 Å². The van der Waals surface area contributed by atoms with Crippen molar-refractivity contribution >= 4 is 51.7 Å². The second-order valence-electron chi connectivity index (χ2n) is 8.11. The minimum atomic E-state index is -4.16. The molecular formula is C25H23NNaO7S. The minimum Gasteiger partial charge on any atom is -0.480 e. The molecule has 4 rings (SSSR count). The standard InChI is InChI=1S/C25H23NO7S.Na/c27-24(28)23(13-16-9-11-17(12-10-16)15-34(30,31)32)26-25(29)33-14-22-20-7-3-1-5-18(20)19-6-2-4-8-21(19)22;/h1-12,22-23H,13-15H2,(H,26,29)(H,27,28)(H,30,31,32);/t23-;/m0./s1. The van der Waals surface area contributed by atoms with Gasteiger partial charge in [0, 0.05) is 41.9 Å². The smallest absolute Gasteiger partial charge is 0.407 e. The van der Waals surface area contributed by atoms with E-state index in [9.17, 15) is 23.1 Å². The molecule has 3 N–H and O–H groups in total. The molecule has 1 aliphatic rings. The fraction of sp³-hybridized carbons (Fsp3) is 0.200. The fourth-order valence-electron chi connectivity index (χ4n) is 4.20. The van der Waals surface area contributed by atoms with Crippen molar-refractivity contribution in [2.24, 2.45) is 0 Å². The third-order valence-electron chi connectivity index (χ3n) is 5.75. The molecule has 1 radical (unpaired) electrons. The predicted molar refractivity (Wildman–Crippen MR) is 131 cm³/mol. The number of hydrogen-bond donors (Lipinski definition) is 3. The second kappa shape index (κ2) is 11.4. The van der Waals surface area contributed by atoms with Crippen molar-refractivity contribution in [3.8, 4) is 11.1 Å². The van der Waals surface area contributed by atoms with Gasteiger partial charge >= 0.3 is 12.1 Å². The van der Waals surface area contributed by atoms with E-state index in [1.165, 1.54) is 12.1 Å². The number of nitrogens with one attached hydrogen (secondary N) is 1. The molecule has 0 spiro atoms. The molecule has 1 aliphatic carbocycles. The quantitative estimate of drug-likeness (QED) is 0.317. The molecule has 8 nitrogen and oxygen atoms in total. The summed E-state index contributed by atoms with van der Waals surface area (Å²) in [6.45, 7) is 0.0660. The summed E-state index contributed by atoms with van der Waals surface area (Å²) < 4.78 is 36.3. The zero-order chi connectivity index (χ0) is 24.3. The van der Waals surface area contributed by atoms with E-state index in [2.05, 4.69) is 5.32 Å².